The van der Waals surface area contributed by atoms with E-state index in [1.54, 1.807) is 6.07 Å². The van der Waals surface area contributed by atoms with Crippen molar-refractivity contribution in [1.82, 2.24) is 0 Å². The third-order valence-electron chi connectivity index (χ3n) is 2.12. The van der Waals surface area contributed by atoms with E-state index in [2.05, 4.69) is 0 Å². The summed E-state index contributed by atoms with van der Waals surface area (Å²) in [7, 11) is 0. The van der Waals surface area contributed by atoms with Crippen molar-refractivity contribution in [3.8, 4) is 5.75 Å². The number of rotatable bonds is 0. The molecular weight excluding hydrogens is 148 g/mol. The Bertz CT molecular complexity index is 201. The second-order valence-electron chi connectivity index (χ2n) is 3.20. The lowest BCUT2D eigenvalue weighted by molar-refractivity contribution is 0.471. The van der Waals surface area contributed by atoms with Gasteiger partial charge in [-0.1, -0.05) is 43.9 Å². The molecule has 0 amide bonds. The van der Waals surface area contributed by atoms with Gasteiger partial charge in [-0.05, 0) is 18.6 Å². The molecule has 1 aliphatic carbocycles. The monoisotopic (exact) mass is 164 g/mol. The van der Waals surface area contributed by atoms with Crippen molar-refractivity contribution in [3.05, 3.63) is 29.8 Å². The van der Waals surface area contributed by atoms with Crippen LogP contribution >= 0.6 is 0 Å². The lowest BCUT2D eigenvalue weighted by Crippen LogP contribution is -1.85. The smallest absolute Gasteiger partial charge is 0.118 e. The number of benzene rings is 1. The van der Waals surface area contributed by atoms with Crippen LogP contribution in [0.5, 0.6) is 5.75 Å². The van der Waals surface area contributed by atoms with Gasteiger partial charge in [0.25, 0.3) is 0 Å². The number of hydrogen-bond donors (Lipinski definition) is 1. The number of aryl methyl sites for hydroxylation is 1. The molecule has 1 nitrogen and oxygen atoms in total. The zero-order chi connectivity index (χ0) is 8.81. The number of para-hydroxylation sites is 1. The van der Waals surface area contributed by atoms with Crippen molar-refractivity contribution >= 4 is 0 Å². The fraction of sp³-hybridized carbons (Fsp3) is 0.455. The standard InChI is InChI=1S/C7H8O.C4H8/c1-6-4-2-3-5-7(6)8;1-2-4-3-1/h2-5,8H,1H3;1-4H2. The van der Waals surface area contributed by atoms with Crippen molar-refractivity contribution in [2.24, 2.45) is 0 Å². The number of phenols is 1. The Morgan fingerprint density at radius 1 is 1.00 bits per heavy atom. The molecule has 1 aliphatic rings. The molecule has 66 valence electrons. The molecule has 1 N–H and O–H groups in total. The molecule has 0 radical (unpaired) electrons. The Hall–Kier alpha value is -0.980. The minimum Gasteiger partial charge on any atom is -0.508 e. The molecule has 0 bridgehead atoms. The zero-order valence-corrected chi connectivity index (χ0v) is 7.59. The Labute approximate surface area is 74.1 Å². The average molecular weight is 164 g/mol. The molecule has 1 aromatic rings. The first-order valence-electron chi connectivity index (χ1n) is 4.55. The summed E-state index contributed by atoms with van der Waals surface area (Å²) >= 11 is 0. The van der Waals surface area contributed by atoms with Crippen LogP contribution in [0.3, 0.4) is 0 Å². The maximum Gasteiger partial charge on any atom is 0.118 e. The lowest BCUT2D eigenvalue weighted by atomic mass is 10.0. The topological polar surface area (TPSA) is 20.2 Å². The van der Waals surface area contributed by atoms with E-state index in [0.29, 0.717) is 5.75 Å². The molecule has 1 saturated carbocycles. The van der Waals surface area contributed by atoms with Gasteiger partial charge in [-0.15, -0.1) is 0 Å². The highest BCUT2D eigenvalue weighted by molar-refractivity contribution is 5.29. The quantitative estimate of drug-likeness (QED) is 0.624. The van der Waals surface area contributed by atoms with E-state index >= 15 is 0 Å². The molecule has 2 rings (SSSR count). The normalized spacial score (nSPS) is 14.1. The number of phenolic OH excluding ortho intramolecular Hbond substituents is 1. The number of hydrogen-bond acceptors (Lipinski definition) is 1. The molecule has 0 spiro atoms. The first kappa shape index (κ1) is 9.11. The predicted molar refractivity (Wildman–Crippen MR) is 51.3 cm³/mol. The molecule has 0 heterocycles. The summed E-state index contributed by atoms with van der Waals surface area (Å²) in [5.74, 6) is 0.368. The molecule has 0 saturated heterocycles. The van der Waals surface area contributed by atoms with Gasteiger partial charge in [-0.3, -0.25) is 0 Å². The SMILES string of the molecule is C1CCC1.Cc1ccccc1O. The van der Waals surface area contributed by atoms with Crippen LogP contribution < -0.4 is 0 Å². The maximum atomic E-state index is 8.92. The highest BCUT2D eigenvalue weighted by Gasteiger charge is 1.95. The molecular formula is C11H16O. The van der Waals surface area contributed by atoms with Crippen molar-refractivity contribution in [2.45, 2.75) is 32.6 Å². The summed E-state index contributed by atoms with van der Waals surface area (Å²) in [6, 6.07) is 7.25. The van der Waals surface area contributed by atoms with Crippen molar-refractivity contribution in [3.63, 3.8) is 0 Å². The van der Waals surface area contributed by atoms with Gasteiger partial charge in [0.05, 0.1) is 0 Å². The summed E-state index contributed by atoms with van der Waals surface area (Å²) in [5.41, 5.74) is 0.924. The van der Waals surface area contributed by atoms with E-state index in [9.17, 15) is 0 Å². The van der Waals surface area contributed by atoms with Gasteiger partial charge in [0.1, 0.15) is 5.75 Å². The largest absolute Gasteiger partial charge is 0.508 e. The Balaban J connectivity index is 0.000000150. The van der Waals surface area contributed by atoms with Crippen LogP contribution in [0.1, 0.15) is 31.2 Å². The first-order valence-corrected chi connectivity index (χ1v) is 4.55. The molecule has 0 unspecified atom stereocenters. The first-order chi connectivity index (χ1) is 5.80. The predicted octanol–water partition coefficient (Wildman–Crippen LogP) is 3.26. The summed E-state index contributed by atoms with van der Waals surface area (Å²) in [6.45, 7) is 1.87. The highest BCUT2D eigenvalue weighted by Crippen LogP contribution is 2.15. The Morgan fingerprint density at radius 3 is 1.75 bits per heavy atom. The van der Waals surface area contributed by atoms with Crippen LogP contribution in [0.15, 0.2) is 24.3 Å². The summed E-state index contributed by atoms with van der Waals surface area (Å²) in [6.07, 6.45) is 6.00. The summed E-state index contributed by atoms with van der Waals surface area (Å²) in [5, 5.41) is 8.92. The zero-order valence-electron chi connectivity index (χ0n) is 7.59. The fourth-order valence-electron chi connectivity index (χ4n) is 0.813. The molecule has 1 aromatic carbocycles. The van der Waals surface area contributed by atoms with Crippen LogP contribution in [0, 0.1) is 6.92 Å². The van der Waals surface area contributed by atoms with E-state index < -0.39 is 0 Å². The van der Waals surface area contributed by atoms with Crippen LogP contribution in [0.2, 0.25) is 0 Å². The van der Waals surface area contributed by atoms with Crippen LogP contribution in [-0.2, 0) is 0 Å². The Kier molecular flexibility index (Phi) is 3.65. The highest BCUT2D eigenvalue weighted by atomic mass is 16.3. The molecule has 1 heteroatoms. The molecule has 1 fully saturated rings. The van der Waals surface area contributed by atoms with E-state index in [-0.39, 0.29) is 0 Å². The third kappa shape index (κ3) is 2.95. The van der Waals surface area contributed by atoms with Gasteiger partial charge in [0.15, 0.2) is 0 Å². The molecule has 0 aliphatic heterocycles. The van der Waals surface area contributed by atoms with Gasteiger partial charge < -0.3 is 5.11 Å². The summed E-state index contributed by atoms with van der Waals surface area (Å²) < 4.78 is 0. The van der Waals surface area contributed by atoms with E-state index in [4.69, 9.17) is 5.11 Å². The average Bonchev–Trinajstić information content (AvgIpc) is 1.92. The maximum absolute atomic E-state index is 8.92. The van der Waals surface area contributed by atoms with Gasteiger partial charge >= 0.3 is 0 Å². The van der Waals surface area contributed by atoms with Gasteiger partial charge in [-0.2, -0.15) is 0 Å². The fourth-order valence-corrected chi connectivity index (χ4v) is 0.813. The van der Waals surface area contributed by atoms with Crippen LogP contribution in [-0.4, -0.2) is 5.11 Å². The second kappa shape index (κ2) is 4.81. The van der Waals surface area contributed by atoms with Crippen molar-refractivity contribution in [1.29, 1.82) is 0 Å². The van der Waals surface area contributed by atoms with E-state index in [0.717, 1.165) is 5.56 Å². The molecule has 0 aromatic heterocycles. The van der Waals surface area contributed by atoms with E-state index in [1.807, 2.05) is 25.1 Å². The summed E-state index contributed by atoms with van der Waals surface area (Å²) in [4.78, 5) is 0. The molecule has 12 heavy (non-hydrogen) atoms. The van der Waals surface area contributed by atoms with Gasteiger partial charge in [0.2, 0.25) is 0 Å². The van der Waals surface area contributed by atoms with Crippen molar-refractivity contribution in [2.75, 3.05) is 0 Å². The van der Waals surface area contributed by atoms with E-state index in [1.165, 1.54) is 25.7 Å². The minimum atomic E-state index is 0.368. The molecule has 0 atom stereocenters. The van der Waals surface area contributed by atoms with Crippen molar-refractivity contribution < 1.29 is 5.11 Å². The van der Waals surface area contributed by atoms with Gasteiger partial charge in [-0.25, -0.2) is 0 Å². The minimum absolute atomic E-state index is 0.368. The number of aromatic hydroxyl groups is 1. The third-order valence-corrected chi connectivity index (χ3v) is 2.12. The Morgan fingerprint density at radius 2 is 1.50 bits per heavy atom. The second-order valence-corrected chi connectivity index (χ2v) is 3.20. The van der Waals surface area contributed by atoms with Crippen LogP contribution in [0.25, 0.3) is 0 Å². The van der Waals surface area contributed by atoms with Gasteiger partial charge in [0, 0.05) is 0 Å². The lowest BCUT2D eigenvalue weighted by Gasteiger charge is -2.05. The van der Waals surface area contributed by atoms with Crippen LogP contribution in [0.4, 0.5) is 0 Å².